The largest absolute Gasteiger partial charge is 0.493 e. The van der Waals surface area contributed by atoms with Crippen LogP contribution in [-0.4, -0.2) is 46.5 Å². The summed E-state index contributed by atoms with van der Waals surface area (Å²) in [6, 6.07) is 12.3. The quantitative estimate of drug-likeness (QED) is 0.363. The Morgan fingerprint density at radius 1 is 1.00 bits per heavy atom. The van der Waals surface area contributed by atoms with E-state index in [4.69, 9.17) is 18.9 Å². The fraction of sp³-hybridized carbons (Fsp3) is 0.458. The molecule has 0 aliphatic carbocycles. The highest BCUT2D eigenvalue weighted by molar-refractivity contribution is 5.79. The highest BCUT2D eigenvalue weighted by Crippen LogP contribution is 2.30. The van der Waals surface area contributed by atoms with Gasteiger partial charge in [0.1, 0.15) is 5.75 Å². The minimum absolute atomic E-state index is 0.612. The van der Waals surface area contributed by atoms with Gasteiger partial charge in [0.25, 0.3) is 0 Å². The van der Waals surface area contributed by atoms with E-state index in [1.165, 1.54) is 5.56 Å². The molecule has 0 fully saturated rings. The highest BCUT2D eigenvalue weighted by atomic mass is 16.5. The number of hydrogen-bond acceptors (Lipinski definition) is 5. The van der Waals surface area contributed by atoms with Gasteiger partial charge < -0.3 is 29.6 Å². The lowest BCUT2D eigenvalue weighted by Crippen LogP contribution is -2.36. The van der Waals surface area contributed by atoms with Crippen LogP contribution in [0.2, 0.25) is 0 Å². The van der Waals surface area contributed by atoms with Gasteiger partial charge in [-0.3, -0.25) is 4.99 Å². The van der Waals surface area contributed by atoms with Gasteiger partial charge >= 0.3 is 0 Å². The van der Waals surface area contributed by atoms with Crippen molar-refractivity contribution in [2.45, 2.75) is 32.9 Å². The van der Waals surface area contributed by atoms with Crippen molar-refractivity contribution in [2.24, 2.45) is 4.99 Å². The van der Waals surface area contributed by atoms with Gasteiger partial charge in [0.15, 0.2) is 17.5 Å². The molecule has 0 spiro atoms. The fourth-order valence-corrected chi connectivity index (χ4v) is 3.23. The molecule has 2 aromatic carbocycles. The summed E-state index contributed by atoms with van der Waals surface area (Å²) < 4.78 is 22.5. The maximum absolute atomic E-state index is 5.97. The van der Waals surface area contributed by atoms with Gasteiger partial charge in [0.2, 0.25) is 0 Å². The molecule has 1 aliphatic heterocycles. The Morgan fingerprint density at radius 2 is 1.81 bits per heavy atom. The first-order valence-electron chi connectivity index (χ1n) is 10.7. The number of ether oxygens (including phenoxy) is 4. The number of methoxy groups -OCH3 is 1. The molecule has 0 atom stereocenters. The Kier molecular flexibility index (Phi) is 8.84. The second kappa shape index (κ2) is 12.1. The maximum atomic E-state index is 5.97. The summed E-state index contributed by atoms with van der Waals surface area (Å²) in [5, 5.41) is 6.72. The van der Waals surface area contributed by atoms with Crippen molar-refractivity contribution >= 4 is 5.96 Å². The molecule has 168 valence electrons. The lowest BCUT2D eigenvalue weighted by atomic mass is 10.1. The zero-order chi connectivity index (χ0) is 21.9. The van der Waals surface area contributed by atoms with Crippen LogP contribution < -0.4 is 24.8 Å². The van der Waals surface area contributed by atoms with Crippen molar-refractivity contribution in [3.05, 3.63) is 53.1 Å². The Labute approximate surface area is 184 Å². The number of guanidine groups is 1. The summed E-state index contributed by atoms with van der Waals surface area (Å²) in [5.74, 6) is 3.22. The molecule has 31 heavy (non-hydrogen) atoms. The van der Waals surface area contributed by atoms with Crippen molar-refractivity contribution in [1.29, 1.82) is 0 Å². The van der Waals surface area contributed by atoms with Crippen molar-refractivity contribution in [2.75, 3.05) is 40.6 Å². The topological polar surface area (TPSA) is 73.3 Å². The van der Waals surface area contributed by atoms with Crippen LogP contribution in [0.4, 0.5) is 0 Å². The predicted molar refractivity (Wildman–Crippen MR) is 122 cm³/mol. The first-order valence-corrected chi connectivity index (χ1v) is 10.7. The predicted octanol–water partition coefficient (Wildman–Crippen LogP) is 3.44. The van der Waals surface area contributed by atoms with E-state index in [2.05, 4.69) is 40.7 Å². The van der Waals surface area contributed by atoms with Crippen LogP contribution >= 0.6 is 0 Å². The first kappa shape index (κ1) is 22.7. The monoisotopic (exact) mass is 427 g/mol. The van der Waals surface area contributed by atoms with Crippen LogP contribution in [0.5, 0.6) is 17.2 Å². The van der Waals surface area contributed by atoms with Gasteiger partial charge in [-0.05, 0) is 36.2 Å². The van der Waals surface area contributed by atoms with Gasteiger partial charge in [0.05, 0.1) is 19.8 Å². The van der Waals surface area contributed by atoms with Crippen LogP contribution in [0.1, 0.15) is 29.5 Å². The Bertz CT molecular complexity index is 870. The third-order valence-electron chi connectivity index (χ3n) is 4.91. The Hall–Kier alpha value is -2.93. The lowest BCUT2D eigenvalue weighted by Gasteiger charge is -2.16. The van der Waals surface area contributed by atoms with Crippen molar-refractivity contribution in [3.63, 3.8) is 0 Å². The van der Waals surface area contributed by atoms with Gasteiger partial charge in [-0.2, -0.15) is 0 Å². The average molecular weight is 428 g/mol. The fourth-order valence-electron chi connectivity index (χ4n) is 3.23. The van der Waals surface area contributed by atoms with Crippen LogP contribution in [-0.2, 0) is 17.8 Å². The number of aliphatic imine (C=N–C) groups is 1. The second-order valence-corrected chi connectivity index (χ2v) is 7.42. The number of rotatable bonds is 9. The molecule has 0 saturated carbocycles. The summed E-state index contributed by atoms with van der Waals surface area (Å²) in [5.41, 5.74) is 3.36. The molecule has 2 aromatic rings. The van der Waals surface area contributed by atoms with Crippen LogP contribution in [0.25, 0.3) is 0 Å². The normalized spacial score (nSPS) is 13.5. The van der Waals surface area contributed by atoms with Crippen LogP contribution in [0, 0.1) is 6.92 Å². The molecule has 2 N–H and O–H groups in total. The standard InChI is InChI=1S/C24H33N3O4/c1-18-6-8-20(22(14-18)30-11-4-10-28-3)17-27-24(25-2)26-16-19-7-9-21-23(15-19)31-13-5-12-29-21/h6-9,14-15H,4-5,10-13,16-17H2,1-3H3,(H2,25,26,27). The molecular formula is C24H33N3O4. The molecule has 0 saturated heterocycles. The van der Waals surface area contributed by atoms with Gasteiger partial charge in [0, 0.05) is 52.3 Å². The average Bonchev–Trinajstić information content (AvgIpc) is 3.03. The second-order valence-electron chi connectivity index (χ2n) is 7.42. The summed E-state index contributed by atoms with van der Waals surface area (Å²) in [6.07, 6.45) is 1.76. The molecule has 3 rings (SSSR count). The molecule has 0 aromatic heterocycles. The summed E-state index contributed by atoms with van der Waals surface area (Å²) in [6.45, 7) is 6.00. The van der Waals surface area contributed by atoms with Crippen LogP contribution in [0.3, 0.4) is 0 Å². The molecule has 0 unspecified atom stereocenters. The van der Waals surface area contributed by atoms with E-state index >= 15 is 0 Å². The van der Waals surface area contributed by atoms with Gasteiger partial charge in [-0.15, -0.1) is 0 Å². The third kappa shape index (κ3) is 7.07. The molecule has 1 aliphatic rings. The third-order valence-corrected chi connectivity index (χ3v) is 4.91. The zero-order valence-corrected chi connectivity index (χ0v) is 18.7. The minimum atomic E-state index is 0.612. The number of benzene rings is 2. The zero-order valence-electron chi connectivity index (χ0n) is 18.7. The molecular weight excluding hydrogens is 394 g/mol. The summed E-state index contributed by atoms with van der Waals surface area (Å²) in [4.78, 5) is 4.34. The molecule has 7 nitrogen and oxygen atoms in total. The van der Waals surface area contributed by atoms with E-state index in [0.717, 1.165) is 47.2 Å². The maximum Gasteiger partial charge on any atom is 0.191 e. The van der Waals surface area contributed by atoms with E-state index in [-0.39, 0.29) is 0 Å². The molecule has 7 heteroatoms. The lowest BCUT2D eigenvalue weighted by molar-refractivity contribution is 0.171. The molecule has 0 amide bonds. The number of fused-ring (bicyclic) bond motifs is 1. The van der Waals surface area contributed by atoms with Crippen LogP contribution in [0.15, 0.2) is 41.4 Å². The number of nitrogens with one attached hydrogen (secondary N) is 2. The molecule has 0 radical (unpaired) electrons. The summed E-state index contributed by atoms with van der Waals surface area (Å²) in [7, 11) is 3.47. The van der Waals surface area contributed by atoms with E-state index in [1.54, 1.807) is 14.2 Å². The van der Waals surface area contributed by atoms with E-state index in [1.807, 2.05) is 18.2 Å². The Balaban J connectivity index is 1.54. The Morgan fingerprint density at radius 3 is 2.61 bits per heavy atom. The number of hydrogen-bond donors (Lipinski definition) is 2. The van der Waals surface area contributed by atoms with E-state index in [0.29, 0.717) is 39.5 Å². The van der Waals surface area contributed by atoms with E-state index in [9.17, 15) is 0 Å². The van der Waals surface area contributed by atoms with Gasteiger partial charge in [-0.1, -0.05) is 18.2 Å². The van der Waals surface area contributed by atoms with Crippen molar-refractivity contribution in [3.8, 4) is 17.2 Å². The smallest absolute Gasteiger partial charge is 0.191 e. The minimum Gasteiger partial charge on any atom is -0.493 e. The summed E-state index contributed by atoms with van der Waals surface area (Å²) >= 11 is 0. The molecule has 0 bridgehead atoms. The number of nitrogens with zero attached hydrogens (tertiary/aromatic N) is 1. The van der Waals surface area contributed by atoms with Crippen molar-refractivity contribution < 1.29 is 18.9 Å². The van der Waals surface area contributed by atoms with Crippen molar-refractivity contribution in [1.82, 2.24) is 10.6 Å². The first-order chi connectivity index (χ1) is 15.2. The number of aryl methyl sites for hydroxylation is 1. The molecule has 1 heterocycles. The SMILES string of the molecule is CN=C(NCc1ccc2c(c1)OCCCO2)NCc1ccc(C)cc1OCCCOC. The van der Waals surface area contributed by atoms with Gasteiger partial charge in [-0.25, -0.2) is 0 Å². The highest BCUT2D eigenvalue weighted by Gasteiger charge is 2.11. The van der Waals surface area contributed by atoms with E-state index < -0.39 is 0 Å².